The summed E-state index contributed by atoms with van der Waals surface area (Å²) in [6.45, 7) is 1.88. The molecule has 0 aliphatic carbocycles. The number of hydrogen-bond donors (Lipinski definition) is 2. The van der Waals surface area contributed by atoms with Gasteiger partial charge in [-0.15, -0.1) is 0 Å². The Labute approximate surface area is 184 Å². The van der Waals surface area contributed by atoms with Gasteiger partial charge in [-0.25, -0.2) is 9.69 Å². The van der Waals surface area contributed by atoms with Crippen molar-refractivity contribution in [3.63, 3.8) is 0 Å². The second kappa shape index (κ2) is 8.93. The Morgan fingerprint density at radius 3 is 2.32 bits per heavy atom. The van der Waals surface area contributed by atoms with E-state index in [0.29, 0.717) is 22.1 Å². The summed E-state index contributed by atoms with van der Waals surface area (Å²) in [6.07, 6.45) is -0.599. The number of hydrogen-bond acceptors (Lipinski definition) is 5. The number of para-hydroxylation sites is 1. The van der Waals surface area contributed by atoms with Crippen LogP contribution in [0.3, 0.4) is 0 Å². The first-order valence-corrected chi connectivity index (χ1v) is 9.51. The number of nitrogens with zero attached hydrogens (tertiary/aromatic N) is 1. The minimum absolute atomic E-state index is 0. The van der Waals surface area contributed by atoms with Crippen molar-refractivity contribution in [1.29, 1.82) is 0 Å². The third kappa shape index (κ3) is 4.65. The molecule has 9 heteroatoms. The van der Waals surface area contributed by atoms with Crippen molar-refractivity contribution in [1.82, 2.24) is 0 Å². The standard InChI is InChI=1S/C19H17NO6S.Na/c1-2-26-19(22)20(14-6-4-3-5-7-14)15-8-9-17-13(10-15)11-16(12-18(17)21)27(23,24)25;/h3-12,21H,2H2,1H3,(H,23,24,25);. The van der Waals surface area contributed by atoms with Crippen molar-refractivity contribution >= 4 is 67.9 Å². The average molecular weight is 410 g/mol. The minimum atomic E-state index is -4.49. The van der Waals surface area contributed by atoms with Gasteiger partial charge in [-0.1, -0.05) is 18.2 Å². The first kappa shape index (κ1) is 22.2. The van der Waals surface area contributed by atoms with Crippen molar-refractivity contribution in [2.24, 2.45) is 0 Å². The van der Waals surface area contributed by atoms with E-state index < -0.39 is 21.1 Å². The Balaban J connectivity index is 0.00000280. The van der Waals surface area contributed by atoms with Crippen molar-refractivity contribution < 1.29 is 27.6 Å². The molecule has 0 aliphatic rings. The summed E-state index contributed by atoms with van der Waals surface area (Å²) in [4.78, 5) is 13.4. The molecule has 0 saturated heterocycles. The molecule has 0 bridgehead atoms. The third-order valence-corrected chi connectivity index (χ3v) is 4.74. The molecular formula is C19H17NNaO6S. The molecule has 0 fully saturated rings. The zero-order chi connectivity index (χ0) is 19.6. The smallest absolute Gasteiger partial charge is 0.418 e. The fraction of sp³-hybridized carbons (Fsp3) is 0.105. The summed E-state index contributed by atoms with van der Waals surface area (Å²) in [5.74, 6) is -0.297. The number of ether oxygens (including phenoxy) is 1. The maximum atomic E-state index is 12.5. The first-order chi connectivity index (χ1) is 12.8. The van der Waals surface area contributed by atoms with E-state index in [9.17, 15) is 22.9 Å². The summed E-state index contributed by atoms with van der Waals surface area (Å²) in [7, 11) is -4.49. The van der Waals surface area contributed by atoms with E-state index in [2.05, 4.69) is 0 Å². The number of anilines is 2. The molecule has 3 aromatic carbocycles. The van der Waals surface area contributed by atoms with Crippen LogP contribution in [-0.2, 0) is 14.9 Å². The van der Waals surface area contributed by atoms with E-state index in [0.717, 1.165) is 6.07 Å². The van der Waals surface area contributed by atoms with Gasteiger partial charge in [0.2, 0.25) is 0 Å². The molecule has 0 aromatic heterocycles. The summed E-state index contributed by atoms with van der Waals surface area (Å²) < 4.78 is 37.2. The molecule has 7 nitrogen and oxygen atoms in total. The van der Waals surface area contributed by atoms with E-state index in [4.69, 9.17) is 4.74 Å². The Morgan fingerprint density at radius 1 is 1.04 bits per heavy atom. The zero-order valence-electron chi connectivity index (χ0n) is 15.4. The first-order valence-electron chi connectivity index (χ1n) is 8.07. The van der Waals surface area contributed by atoms with Gasteiger partial charge in [0.1, 0.15) is 5.75 Å². The van der Waals surface area contributed by atoms with E-state index >= 15 is 0 Å². The average Bonchev–Trinajstić information content (AvgIpc) is 2.62. The normalized spacial score (nSPS) is 10.9. The second-order valence-corrected chi connectivity index (χ2v) is 7.11. The van der Waals surface area contributed by atoms with Gasteiger partial charge in [0.05, 0.1) is 22.9 Å². The molecule has 0 heterocycles. The van der Waals surface area contributed by atoms with Gasteiger partial charge < -0.3 is 9.84 Å². The van der Waals surface area contributed by atoms with Crippen molar-refractivity contribution in [2.45, 2.75) is 11.8 Å². The molecule has 1 amide bonds. The Morgan fingerprint density at radius 2 is 1.71 bits per heavy atom. The SMILES string of the molecule is CCOC(=O)N(c1ccccc1)c1ccc2c(O)cc(S(=O)(=O)O)cc2c1.[Na]. The van der Waals surface area contributed by atoms with Gasteiger partial charge in [-0.2, -0.15) is 8.42 Å². The minimum Gasteiger partial charge on any atom is -0.507 e. The number of rotatable bonds is 4. The number of phenols is 1. The van der Waals surface area contributed by atoms with Crippen LogP contribution in [0.5, 0.6) is 5.75 Å². The van der Waals surface area contributed by atoms with E-state index in [-0.39, 0.29) is 41.9 Å². The maximum Gasteiger partial charge on any atom is 0.418 e. The summed E-state index contributed by atoms with van der Waals surface area (Å²) in [6, 6.07) is 15.7. The number of amides is 1. The van der Waals surface area contributed by atoms with E-state index in [1.54, 1.807) is 43.3 Å². The Hall–Kier alpha value is -2.10. The molecule has 0 atom stereocenters. The topological polar surface area (TPSA) is 104 Å². The van der Waals surface area contributed by atoms with Gasteiger partial charge in [0, 0.05) is 41.0 Å². The molecular weight excluding hydrogens is 393 g/mol. The van der Waals surface area contributed by atoms with Crippen LogP contribution in [0.2, 0.25) is 0 Å². The van der Waals surface area contributed by atoms with Gasteiger partial charge in [0.15, 0.2) is 0 Å². The summed E-state index contributed by atoms with van der Waals surface area (Å²) in [5.41, 5.74) is 0.976. The molecule has 28 heavy (non-hydrogen) atoms. The van der Waals surface area contributed by atoms with Crippen LogP contribution >= 0.6 is 0 Å². The van der Waals surface area contributed by atoms with E-state index in [1.807, 2.05) is 6.07 Å². The van der Waals surface area contributed by atoms with Crippen LogP contribution in [0.1, 0.15) is 6.92 Å². The maximum absolute atomic E-state index is 12.5. The molecule has 0 saturated carbocycles. The molecule has 1 radical (unpaired) electrons. The molecule has 141 valence electrons. The number of fused-ring (bicyclic) bond motifs is 1. The van der Waals surface area contributed by atoms with Crippen molar-refractivity contribution in [3.8, 4) is 5.75 Å². The summed E-state index contributed by atoms with van der Waals surface area (Å²) in [5, 5.41) is 10.8. The van der Waals surface area contributed by atoms with Crippen LogP contribution < -0.4 is 4.90 Å². The molecule has 3 aromatic rings. The number of benzene rings is 3. The Kier molecular flexibility index (Phi) is 7.08. The van der Waals surface area contributed by atoms with Crippen molar-refractivity contribution in [2.75, 3.05) is 11.5 Å². The van der Waals surface area contributed by atoms with Gasteiger partial charge in [-0.3, -0.25) is 4.55 Å². The summed E-state index contributed by atoms with van der Waals surface area (Å²) >= 11 is 0. The number of carbonyl (C=O) groups excluding carboxylic acids is 1. The van der Waals surface area contributed by atoms with Crippen LogP contribution in [0, 0.1) is 0 Å². The zero-order valence-corrected chi connectivity index (χ0v) is 18.2. The molecule has 0 unspecified atom stereocenters. The fourth-order valence-electron chi connectivity index (χ4n) is 2.72. The largest absolute Gasteiger partial charge is 0.507 e. The van der Waals surface area contributed by atoms with Crippen molar-refractivity contribution in [3.05, 3.63) is 60.7 Å². The van der Waals surface area contributed by atoms with Crippen LogP contribution in [0.25, 0.3) is 10.8 Å². The fourth-order valence-corrected chi connectivity index (χ4v) is 3.26. The van der Waals surface area contributed by atoms with Crippen LogP contribution in [0.15, 0.2) is 65.6 Å². The van der Waals surface area contributed by atoms with Crippen LogP contribution in [0.4, 0.5) is 16.2 Å². The predicted octanol–water partition coefficient (Wildman–Crippen LogP) is 3.71. The van der Waals surface area contributed by atoms with Gasteiger partial charge in [0.25, 0.3) is 10.1 Å². The van der Waals surface area contributed by atoms with Gasteiger partial charge >= 0.3 is 6.09 Å². The quantitative estimate of drug-likeness (QED) is 0.502. The van der Waals surface area contributed by atoms with Crippen LogP contribution in [-0.4, -0.2) is 60.3 Å². The van der Waals surface area contributed by atoms with Gasteiger partial charge in [-0.05, 0) is 48.7 Å². The number of phenolic OH excluding ortho intramolecular Hbond substituents is 1. The molecule has 0 spiro atoms. The van der Waals surface area contributed by atoms with E-state index in [1.165, 1.54) is 17.0 Å². The molecule has 0 aliphatic heterocycles. The molecule has 2 N–H and O–H groups in total. The molecule has 3 rings (SSSR count). The predicted molar refractivity (Wildman–Crippen MR) is 107 cm³/mol. The Bertz CT molecular complexity index is 1100. The number of aromatic hydroxyl groups is 1. The second-order valence-electron chi connectivity index (χ2n) is 5.69. The third-order valence-electron chi connectivity index (χ3n) is 3.91. The number of carbonyl (C=O) groups is 1. The monoisotopic (exact) mass is 410 g/mol.